The van der Waals surface area contributed by atoms with Gasteiger partial charge in [-0.3, -0.25) is 10.2 Å². The van der Waals surface area contributed by atoms with Crippen LogP contribution in [0.5, 0.6) is 5.75 Å². The van der Waals surface area contributed by atoms with Crippen LogP contribution < -0.4 is 5.43 Å². The zero-order valence-corrected chi connectivity index (χ0v) is 18.1. The molecule has 31 heavy (non-hydrogen) atoms. The monoisotopic (exact) mass is 471 g/mol. The third kappa shape index (κ3) is 5.34. The lowest BCUT2D eigenvalue weighted by molar-refractivity contribution is -0.143. The number of nitrogens with zero attached hydrogens (tertiary/aromatic N) is 2. The van der Waals surface area contributed by atoms with Crippen LogP contribution in [0.1, 0.15) is 30.9 Å². The van der Waals surface area contributed by atoms with Gasteiger partial charge in [-0.2, -0.15) is 18.3 Å². The van der Waals surface area contributed by atoms with E-state index in [2.05, 4.69) is 10.5 Å². The zero-order valence-electron chi connectivity index (χ0n) is 16.4. The predicted octanol–water partition coefficient (Wildman–Crippen LogP) is 4.53. The molecule has 6 nitrogen and oxygen atoms in total. The molecule has 0 radical (unpaired) electrons. The Bertz CT molecular complexity index is 995. The largest absolute Gasteiger partial charge is 0.506 e. The zero-order chi connectivity index (χ0) is 22.8. The lowest BCUT2D eigenvalue weighted by atomic mass is 9.97. The van der Waals surface area contributed by atoms with E-state index in [1.54, 1.807) is 12.3 Å². The predicted molar refractivity (Wildman–Crippen MR) is 116 cm³/mol. The molecule has 11 heteroatoms. The van der Waals surface area contributed by atoms with Crippen molar-refractivity contribution in [1.29, 1.82) is 0 Å². The molecule has 1 saturated heterocycles. The Morgan fingerprint density at radius 2 is 1.87 bits per heavy atom. The van der Waals surface area contributed by atoms with Crippen LogP contribution in [-0.4, -0.2) is 45.0 Å². The molecule has 1 aliphatic rings. The van der Waals surface area contributed by atoms with Crippen LogP contribution in [0, 0.1) is 5.92 Å². The first-order chi connectivity index (χ1) is 14.6. The average Bonchev–Trinajstić information content (AvgIpc) is 3.12. The van der Waals surface area contributed by atoms with Crippen molar-refractivity contribution in [2.24, 2.45) is 11.0 Å². The molecule has 1 fully saturated rings. The van der Waals surface area contributed by atoms with Gasteiger partial charge in [-0.1, -0.05) is 12.1 Å². The van der Waals surface area contributed by atoms with E-state index in [1.165, 1.54) is 23.5 Å². The Hall–Kier alpha value is -2.66. The first-order valence-corrected chi connectivity index (χ1v) is 10.7. The lowest BCUT2D eigenvalue weighted by Crippen LogP contribution is -2.44. The Morgan fingerprint density at radius 1 is 1.26 bits per heavy atom. The molecule has 0 bridgehead atoms. The van der Waals surface area contributed by atoms with E-state index in [4.69, 9.17) is 17.3 Å². The van der Waals surface area contributed by atoms with Crippen molar-refractivity contribution in [3.05, 3.63) is 40.8 Å². The van der Waals surface area contributed by atoms with Crippen LogP contribution in [0.25, 0.3) is 10.4 Å². The fourth-order valence-corrected chi connectivity index (χ4v) is 4.46. The number of aromatic hydroxyl groups is 1. The molecule has 166 valence electrons. The van der Waals surface area contributed by atoms with Gasteiger partial charge in [0.1, 0.15) is 5.75 Å². The summed E-state index contributed by atoms with van der Waals surface area (Å²) in [5.74, 6) is -1.24. The minimum atomic E-state index is -4.42. The summed E-state index contributed by atoms with van der Waals surface area (Å²) >= 11 is 6.51. The summed E-state index contributed by atoms with van der Waals surface area (Å²) in [6.07, 6.45) is -3.42. The van der Waals surface area contributed by atoms with Crippen LogP contribution in [-0.2, 0) is 11.0 Å². The van der Waals surface area contributed by atoms with Gasteiger partial charge < -0.3 is 15.1 Å². The number of thiophene rings is 1. The molecule has 0 aliphatic carbocycles. The minimum Gasteiger partial charge on any atom is -0.506 e. The van der Waals surface area contributed by atoms with Gasteiger partial charge in [0.25, 0.3) is 0 Å². The number of hydrogen-bond acceptors (Lipinski definition) is 5. The normalized spacial score (nSPS) is 15.7. The Kier molecular flexibility index (Phi) is 6.85. The van der Waals surface area contributed by atoms with E-state index < -0.39 is 17.7 Å². The molecule has 0 unspecified atom stereocenters. The number of carboxylic acids is 1. The highest BCUT2D eigenvalue weighted by Gasteiger charge is 2.30. The maximum Gasteiger partial charge on any atom is 0.416 e. The molecule has 2 aromatic rings. The van der Waals surface area contributed by atoms with Crippen molar-refractivity contribution in [3.8, 4) is 16.2 Å². The number of carbonyl (C=O) groups is 1. The Labute approximate surface area is 186 Å². The van der Waals surface area contributed by atoms with Gasteiger partial charge in [-0.25, -0.2) is 0 Å². The first-order valence-electron chi connectivity index (χ1n) is 9.38. The molecule has 3 rings (SSSR count). The molecule has 2 heterocycles. The van der Waals surface area contributed by atoms with Gasteiger partial charge in [0.05, 0.1) is 27.6 Å². The van der Waals surface area contributed by atoms with Crippen molar-refractivity contribution in [3.63, 3.8) is 0 Å². The quantitative estimate of drug-likeness (QED) is 0.345. The molecule has 0 saturated carbocycles. The molecular formula is C20H20F3N3O3S2. The molecule has 0 spiro atoms. The van der Waals surface area contributed by atoms with Gasteiger partial charge in [-0.15, -0.1) is 11.3 Å². The van der Waals surface area contributed by atoms with Crippen molar-refractivity contribution in [2.45, 2.75) is 25.9 Å². The number of benzene rings is 1. The van der Waals surface area contributed by atoms with Gasteiger partial charge in [-0.05, 0) is 49.7 Å². The fraction of sp³-hybridized carbons (Fsp3) is 0.350. The van der Waals surface area contributed by atoms with Crippen molar-refractivity contribution < 1.29 is 28.2 Å². The molecular weight excluding hydrogens is 451 g/mol. The fourth-order valence-electron chi connectivity index (χ4n) is 3.22. The number of aliphatic carboxylic acids is 1. The van der Waals surface area contributed by atoms with E-state index in [1.807, 2.05) is 4.90 Å². The summed E-state index contributed by atoms with van der Waals surface area (Å²) in [6, 6.07) is 4.59. The third-order valence-electron chi connectivity index (χ3n) is 5.08. The van der Waals surface area contributed by atoms with E-state index in [9.17, 15) is 23.1 Å². The second-order valence-corrected chi connectivity index (χ2v) is 8.38. The van der Waals surface area contributed by atoms with E-state index >= 15 is 0 Å². The number of thiocarbonyl (C=S) groups is 1. The van der Waals surface area contributed by atoms with Gasteiger partial charge in [0, 0.05) is 18.5 Å². The second kappa shape index (κ2) is 9.23. The highest BCUT2D eigenvalue weighted by Crippen LogP contribution is 2.40. The van der Waals surface area contributed by atoms with Crippen molar-refractivity contribution in [1.82, 2.24) is 10.3 Å². The standard InChI is InChI=1S/C20H20F3N3O3S2/c1-11(24-25-19(30)26-8-6-13(7-9-26)18(28)29)15-10-31-17(16(15)27)12-2-4-14(5-3-12)20(21,22)23/h2-5,10,13,27H,6-9H2,1H3,(H,25,30)(H,28,29)/b24-11-. The number of likely N-dealkylation sites (tertiary alicyclic amines) is 1. The third-order valence-corrected chi connectivity index (χ3v) is 6.45. The van der Waals surface area contributed by atoms with Crippen LogP contribution in [0.15, 0.2) is 34.7 Å². The molecule has 3 N–H and O–H groups in total. The number of hydrogen-bond donors (Lipinski definition) is 3. The topological polar surface area (TPSA) is 85.2 Å². The molecule has 1 aromatic carbocycles. The van der Waals surface area contributed by atoms with Crippen LogP contribution >= 0.6 is 23.6 Å². The molecule has 0 atom stereocenters. The molecule has 1 aliphatic heterocycles. The number of alkyl halides is 3. The number of carboxylic acid groups (broad SMARTS) is 1. The summed E-state index contributed by atoms with van der Waals surface area (Å²) in [6.45, 7) is 2.70. The highest BCUT2D eigenvalue weighted by atomic mass is 32.1. The van der Waals surface area contributed by atoms with Crippen LogP contribution in [0.2, 0.25) is 0 Å². The van der Waals surface area contributed by atoms with Crippen molar-refractivity contribution in [2.75, 3.05) is 13.1 Å². The van der Waals surface area contributed by atoms with Gasteiger partial charge in [0.15, 0.2) is 5.11 Å². The Morgan fingerprint density at radius 3 is 2.42 bits per heavy atom. The molecule has 0 amide bonds. The summed E-state index contributed by atoms with van der Waals surface area (Å²) in [7, 11) is 0. The first kappa shape index (κ1) is 23.0. The minimum absolute atomic E-state index is 0.0685. The molecule has 1 aromatic heterocycles. The van der Waals surface area contributed by atoms with Crippen LogP contribution in [0.4, 0.5) is 13.2 Å². The maximum absolute atomic E-state index is 12.7. The second-order valence-electron chi connectivity index (χ2n) is 7.12. The van der Waals surface area contributed by atoms with Crippen molar-refractivity contribution >= 4 is 40.3 Å². The number of rotatable bonds is 4. The van der Waals surface area contributed by atoms with Crippen LogP contribution in [0.3, 0.4) is 0 Å². The van der Waals surface area contributed by atoms with Gasteiger partial charge in [0.2, 0.25) is 0 Å². The smallest absolute Gasteiger partial charge is 0.416 e. The summed E-state index contributed by atoms with van der Waals surface area (Å²) in [4.78, 5) is 13.3. The van der Waals surface area contributed by atoms with E-state index in [0.29, 0.717) is 52.8 Å². The number of nitrogens with one attached hydrogen (secondary N) is 1. The summed E-state index contributed by atoms with van der Waals surface area (Å²) in [5.41, 5.74) is 3.38. The van der Waals surface area contributed by atoms with E-state index in [0.717, 1.165) is 12.1 Å². The number of hydrazone groups is 1. The number of halogens is 3. The Balaban J connectivity index is 1.67. The summed E-state index contributed by atoms with van der Waals surface area (Å²) < 4.78 is 38.2. The average molecular weight is 472 g/mol. The number of piperidine rings is 1. The highest BCUT2D eigenvalue weighted by molar-refractivity contribution is 7.80. The lowest BCUT2D eigenvalue weighted by Gasteiger charge is -2.31. The maximum atomic E-state index is 12.7. The SMILES string of the molecule is C/C(=N/NC(=S)N1CCC(C(=O)O)CC1)c1csc(-c2ccc(C(F)(F)F)cc2)c1O. The summed E-state index contributed by atoms with van der Waals surface area (Å²) in [5, 5.41) is 25.9. The van der Waals surface area contributed by atoms with Gasteiger partial charge >= 0.3 is 12.1 Å². The van der Waals surface area contributed by atoms with E-state index in [-0.39, 0.29) is 11.7 Å².